The molecule has 2 rings (SSSR count). The van der Waals surface area contributed by atoms with Gasteiger partial charge < -0.3 is 5.43 Å². The van der Waals surface area contributed by atoms with Gasteiger partial charge in [0.2, 0.25) is 10.0 Å². The summed E-state index contributed by atoms with van der Waals surface area (Å²) in [5, 5.41) is 0. The van der Waals surface area contributed by atoms with Gasteiger partial charge in [0.25, 0.3) is 0 Å². The Morgan fingerprint density at radius 2 is 2.10 bits per heavy atom. The van der Waals surface area contributed by atoms with E-state index < -0.39 is 28.8 Å². The third-order valence-electron chi connectivity index (χ3n) is 2.78. The summed E-state index contributed by atoms with van der Waals surface area (Å²) in [6.07, 6.45) is -2.48. The number of halogens is 3. The summed E-state index contributed by atoms with van der Waals surface area (Å²) in [5.41, 5.74) is 2.08. The van der Waals surface area contributed by atoms with Crippen LogP contribution in [0.4, 0.5) is 19.0 Å². The first kappa shape index (κ1) is 15.0. The van der Waals surface area contributed by atoms with Gasteiger partial charge in [-0.25, -0.2) is 19.2 Å². The first-order valence-electron chi connectivity index (χ1n) is 5.76. The predicted molar refractivity (Wildman–Crippen MR) is 65.0 cm³/mol. The van der Waals surface area contributed by atoms with Crippen LogP contribution in [0, 0.1) is 0 Å². The van der Waals surface area contributed by atoms with E-state index in [9.17, 15) is 21.6 Å². The van der Waals surface area contributed by atoms with Crippen LogP contribution in [0.3, 0.4) is 0 Å². The number of nitrogen functional groups attached to an aromatic ring is 1. The Hall–Kier alpha value is -1.39. The van der Waals surface area contributed by atoms with E-state index in [1.165, 1.54) is 18.3 Å². The Kier molecular flexibility index (Phi) is 3.89. The molecule has 1 aromatic rings. The summed E-state index contributed by atoms with van der Waals surface area (Å²) < 4.78 is 62.9. The molecule has 1 saturated carbocycles. The van der Waals surface area contributed by atoms with Crippen LogP contribution in [-0.4, -0.2) is 36.5 Å². The molecular formula is C10H13F3N4O2S. The third-order valence-corrected chi connectivity index (χ3v) is 4.71. The zero-order valence-electron chi connectivity index (χ0n) is 10.3. The number of rotatable bonds is 5. The number of hydrogen-bond acceptors (Lipinski definition) is 5. The number of nitrogens with two attached hydrogens (primary N) is 1. The van der Waals surface area contributed by atoms with E-state index in [1.54, 1.807) is 0 Å². The van der Waals surface area contributed by atoms with Crippen molar-refractivity contribution >= 4 is 15.8 Å². The molecule has 1 fully saturated rings. The second-order valence-corrected chi connectivity index (χ2v) is 6.25. The lowest BCUT2D eigenvalue weighted by atomic mass is 10.5. The zero-order valence-corrected chi connectivity index (χ0v) is 11.1. The average Bonchev–Trinajstić information content (AvgIpc) is 3.19. The van der Waals surface area contributed by atoms with Gasteiger partial charge >= 0.3 is 6.18 Å². The molecule has 0 amide bonds. The number of hydrogen-bond donors (Lipinski definition) is 2. The lowest BCUT2D eigenvalue weighted by Crippen LogP contribution is -2.40. The minimum atomic E-state index is -4.60. The number of anilines is 1. The maximum Gasteiger partial charge on any atom is 0.402 e. The molecule has 112 valence electrons. The topological polar surface area (TPSA) is 88.3 Å². The van der Waals surface area contributed by atoms with Crippen molar-refractivity contribution in [3.05, 3.63) is 18.3 Å². The van der Waals surface area contributed by atoms with Gasteiger partial charge in [0.15, 0.2) is 5.82 Å². The fourth-order valence-electron chi connectivity index (χ4n) is 1.78. The van der Waals surface area contributed by atoms with Crippen molar-refractivity contribution < 1.29 is 21.6 Å². The molecule has 3 N–H and O–H groups in total. The van der Waals surface area contributed by atoms with E-state index in [4.69, 9.17) is 5.84 Å². The third kappa shape index (κ3) is 3.19. The van der Waals surface area contributed by atoms with Gasteiger partial charge in [0, 0.05) is 12.2 Å². The molecule has 0 aromatic carbocycles. The smallest absolute Gasteiger partial charge is 0.307 e. The van der Waals surface area contributed by atoms with E-state index >= 15 is 0 Å². The summed E-state index contributed by atoms with van der Waals surface area (Å²) in [7, 11) is -4.31. The highest BCUT2D eigenvalue weighted by molar-refractivity contribution is 7.89. The number of aromatic nitrogens is 1. The Morgan fingerprint density at radius 3 is 2.60 bits per heavy atom. The highest BCUT2D eigenvalue weighted by atomic mass is 32.2. The molecule has 0 saturated heterocycles. The van der Waals surface area contributed by atoms with Crippen molar-refractivity contribution in [1.29, 1.82) is 0 Å². The first-order chi connectivity index (χ1) is 9.25. The van der Waals surface area contributed by atoms with Crippen molar-refractivity contribution in [2.24, 2.45) is 5.84 Å². The molecule has 0 aliphatic heterocycles. The largest absolute Gasteiger partial charge is 0.402 e. The van der Waals surface area contributed by atoms with Gasteiger partial charge in [-0.05, 0) is 25.0 Å². The van der Waals surface area contributed by atoms with Crippen LogP contribution in [0.15, 0.2) is 23.2 Å². The molecule has 0 bridgehead atoms. The van der Waals surface area contributed by atoms with E-state index in [2.05, 4.69) is 10.4 Å². The average molecular weight is 310 g/mol. The maximum atomic E-state index is 12.6. The second kappa shape index (κ2) is 5.19. The van der Waals surface area contributed by atoms with Crippen LogP contribution in [0.2, 0.25) is 0 Å². The highest BCUT2D eigenvalue weighted by Gasteiger charge is 2.45. The van der Waals surface area contributed by atoms with E-state index in [0.717, 1.165) is 0 Å². The van der Waals surface area contributed by atoms with Crippen LogP contribution in [-0.2, 0) is 10.0 Å². The molecule has 0 unspecified atom stereocenters. The second-order valence-electron chi connectivity index (χ2n) is 4.39. The first-order valence-corrected chi connectivity index (χ1v) is 7.20. The molecule has 0 spiro atoms. The number of nitrogens with one attached hydrogen (secondary N) is 1. The van der Waals surface area contributed by atoms with Crippen LogP contribution in [0.5, 0.6) is 0 Å². The SMILES string of the molecule is NNc1ncccc1S(=O)(=O)N(CC(F)(F)F)C1CC1. The van der Waals surface area contributed by atoms with Crippen LogP contribution in [0.1, 0.15) is 12.8 Å². The van der Waals surface area contributed by atoms with Gasteiger partial charge in [-0.15, -0.1) is 0 Å². The molecule has 0 radical (unpaired) electrons. The van der Waals surface area contributed by atoms with Gasteiger partial charge in [-0.2, -0.15) is 17.5 Å². The maximum absolute atomic E-state index is 12.6. The number of pyridine rings is 1. The molecular weight excluding hydrogens is 297 g/mol. The normalized spacial score (nSPS) is 16.4. The van der Waals surface area contributed by atoms with Crippen LogP contribution < -0.4 is 11.3 Å². The Bertz CT molecular complexity index is 586. The summed E-state index contributed by atoms with van der Waals surface area (Å²) in [6, 6.07) is 1.88. The zero-order chi connectivity index (χ0) is 15.0. The quantitative estimate of drug-likeness (QED) is 0.627. The van der Waals surface area contributed by atoms with Crippen molar-refractivity contribution in [2.45, 2.75) is 30.0 Å². The minimum Gasteiger partial charge on any atom is -0.307 e. The Morgan fingerprint density at radius 1 is 1.45 bits per heavy atom. The van der Waals surface area contributed by atoms with Gasteiger partial charge in [0.1, 0.15) is 11.4 Å². The molecule has 1 heterocycles. The summed E-state index contributed by atoms with van der Waals surface area (Å²) in [5.74, 6) is 4.97. The number of alkyl halides is 3. The summed E-state index contributed by atoms with van der Waals surface area (Å²) in [4.78, 5) is 3.34. The molecule has 1 aliphatic carbocycles. The van der Waals surface area contributed by atoms with E-state index in [-0.39, 0.29) is 10.7 Å². The molecule has 1 aromatic heterocycles. The van der Waals surface area contributed by atoms with Crippen molar-refractivity contribution in [1.82, 2.24) is 9.29 Å². The van der Waals surface area contributed by atoms with Crippen molar-refractivity contribution in [3.63, 3.8) is 0 Å². The van der Waals surface area contributed by atoms with Gasteiger partial charge in [-0.1, -0.05) is 0 Å². The lowest BCUT2D eigenvalue weighted by Gasteiger charge is -2.23. The van der Waals surface area contributed by atoms with Gasteiger partial charge in [-0.3, -0.25) is 0 Å². The molecule has 10 heteroatoms. The van der Waals surface area contributed by atoms with Crippen LogP contribution >= 0.6 is 0 Å². The molecule has 0 atom stereocenters. The van der Waals surface area contributed by atoms with E-state index in [1.807, 2.05) is 0 Å². The van der Waals surface area contributed by atoms with E-state index in [0.29, 0.717) is 17.1 Å². The Labute approximate surface area is 113 Å². The molecule has 20 heavy (non-hydrogen) atoms. The lowest BCUT2D eigenvalue weighted by molar-refractivity contribution is -0.137. The number of hydrazine groups is 1. The highest BCUT2D eigenvalue weighted by Crippen LogP contribution is 2.35. The predicted octanol–water partition coefficient (Wildman–Crippen LogP) is 1.08. The molecule has 1 aliphatic rings. The summed E-state index contributed by atoms with van der Waals surface area (Å²) >= 11 is 0. The van der Waals surface area contributed by atoms with Crippen molar-refractivity contribution in [2.75, 3.05) is 12.0 Å². The summed E-state index contributed by atoms with van der Waals surface area (Å²) in [6.45, 7) is -1.51. The monoisotopic (exact) mass is 310 g/mol. The number of sulfonamides is 1. The van der Waals surface area contributed by atoms with Crippen molar-refractivity contribution in [3.8, 4) is 0 Å². The fraction of sp³-hybridized carbons (Fsp3) is 0.500. The number of nitrogens with zero attached hydrogens (tertiary/aromatic N) is 2. The standard InChI is InChI=1S/C10H13F3N4O2S/c11-10(12,13)6-17(7-3-4-7)20(18,19)8-2-1-5-15-9(8)16-14/h1-2,5,7H,3-4,6,14H2,(H,15,16). The molecule has 6 nitrogen and oxygen atoms in total. The Balaban J connectivity index is 2.40. The van der Waals surface area contributed by atoms with Gasteiger partial charge in [0.05, 0.1) is 0 Å². The fourth-order valence-corrected chi connectivity index (χ4v) is 3.56. The minimum absolute atomic E-state index is 0.180. The van der Waals surface area contributed by atoms with Crippen LogP contribution in [0.25, 0.3) is 0 Å².